The Morgan fingerprint density at radius 3 is 1.82 bits per heavy atom. The van der Waals surface area contributed by atoms with Crippen LogP contribution >= 0.6 is 0 Å². The van der Waals surface area contributed by atoms with Crippen molar-refractivity contribution in [1.29, 1.82) is 0 Å². The smallest absolute Gasteiger partial charge is 0.262 e. The lowest BCUT2D eigenvalue weighted by Crippen LogP contribution is -2.30. The molecule has 0 aliphatic heterocycles. The number of non-ortho nitro benzene ring substituents is 1. The van der Waals surface area contributed by atoms with Crippen molar-refractivity contribution in [3.05, 3.63) is 99.6 Å². The van der Waals surface area contributed by atoms with Crippen molar-refractivity contribution < 1.29 is 13.3 Å². The molecular formula is C21H20N2O4S. The molecule has 0 heterocycles. The third kappa shape index (κ3) is 4.20. The van der Waals surface area contributed by atoms with Gasteiger partial charge in [0.2, 0.25) is 0 Å². The maximum atomic E-state index is 13.3. The van der Waals surface area contributed by atoms with Crippen LogP contribution in [0.2, 0.25) is 0 Å². The zero-order chi connectivity index (χ0) is 20.3. The average Bonchev–Trinajstić information content (AvgIpc) is 2.67. The summed E-state index contributed by atoms with van der Waals surface area (Å²) in [7, 11) is -3.81. The van der Waals surface area contributed by atoms with Crippen molar-refractivity contribution in [2.75, 3.05) is 4.31 Å². The fraction of sp³-hybridized carbons (Fsp3) is 0.143. The molecule has 144 valence electrons. The van der Waals surface area contributed by atoms with Crippen LogP contribution in [0.1, 0.15) is 16.7 Å². The minimum Gasteiger partial charge on any atom is -0.262 e. The molecule has 0 radical (unpaired) electrons. The second-order valence-electron chi connectivity index (χ2n) is 6.58. The van der Waals surface area contributed by atoms with E-state index in [9.17, 15) is 18.5 Å². The van der Waals surface area contributed by atoms with E-state index in [1.54, 1.807) is 48.5 Å². The number of anilines is 1. The molecule has 0 atom stereocenters. The summed E-state index contributed by atoms with van der Waals surface area (Å²) in [5.74, 6) is 0. The van der Waals surface area contributed by atoms with E-state index in [1.807, 2.05) is 26.0 Å². The van der Waals surface area contributed by atoms with Crippen molar-refractivity contribution in [3.8, 4) is 0 Å². The lowest BCUT2D eigenvalue weighted by atomic mass is 10.2. The number of nitrogens with zero attached hydrogens (tertiary/aromatic N) is 2. The molecule has 3 aromatic carbocycles. The first-order valence-corrected chi connectivity index (χ1v) is 10.1. The number of nitro groups is 1. The van der Waals surface area contributed by atoms with Gasteiger partial charge in [-0.25, -0.2) is 8.42 Å². The van der Waals surface area contributed by atoms with Crippen LogP contribution in [-0.2, 0) is 16.6 Å². The van der Waals surface area contributed by atoms with Gasteiger partial charge in [0.15, 0.2) is 0 Å². The normalized spacial score (nSPS) is 11.2. The Hall–Kier alpha value is -3.19. The van der Waals surface area contributed by atoms with Gasteiger partial charge in [0, 0.05) is 12.1 Å². The van der Waals surface area contributed by atoms with Gasteiger partial charge in [0.25, 0.3) is 15.7 Å². The molecule has 6 nitrogen and oxygen atoms in total. The Morgan fingerprint density at radius 1 is 0.821 bits per heavy atom. The fourth-order valence-corrected chi connectivity index (χ4v) is 4.21. The zero-order valence-electron chi connectivity index (χ0n) is 15.6. The topological polar surface area (TPSA) is 80.5 Å². The largest absolute Gasteiger partial charge is 0.269 e. The highest BCUT2D eigenvalue weighted by Crippen LogP contribution is 2.27. The Labute approximate surface area is 164 Å². The Morgan fingerprint density at radius 2 is 1.32 bits per heavy atom. The monoisotopic (exact) mass is 396 g/mol. The van der Waals surface area contributed by atoms with Gasteiger partial charge in [-0.3, -0.25) is 14.4 Å². The van der Waals surface area contributed by atoms with E-state index < -0.39 is 14.9 Å². The molecule has 0 saturated heterocycles. The SMILES string of the molecule is Cc1ccc(N(Cc2ccc([N+](=O)[O-])cc2)S(=O)(=O)c2ccc(C)cc2)cc1. The number of benzene rings is 3. The van der Waals surface area contributed by atoms with Crippen LogP contribution in [0.3, 0.4) is 0 Å². The number of hydrogen-bond donors (Lipinski definition) is 0. The molecule has 3 aromatic rings. The van der Waals surface area contributed by atoms with E-state index in [4.69, 9.17) is 0 Å². The number of sulfonamides is 1. The lowest BCUT2D eigenvalue weighted by Gasteiger charge is -2.25. The summed E-state index contributed by atoms with van der Waals surface area (Å²) in [5.41, 5.74) is 3.14. The van der Waals surface area contributed by atoms with E-state index in [2.05, 4.69) is 0 Å². The van der Waals surface area contributed by atoms with Gasteiger partial charge < -0.3 is 0 Å². The third-order valence-corrected chi connectivity index (χ3v) is 6.19. The standard InChI is InChI=1S/C21H20N2O4S/c1-16-3-9-19(10-4-16)22(15-18-7-11-20(12-8-18)23(24)25)28(26,27)21-13-5-17(2)6-14-21/h3-14H,15H2,1-2H3. The van der Waals surface area contributed by atoms with Crippen LogP contribution < -0.4 is 4.31 Å². The minimum absolute atomic E-state index is 0.0352. The van der Waals surface area contributed by atoms with Crippen LogP contribution in [0.25, 0.3) is 0 Å². The molecule has 0 unspecified atom stereocenters. The van der Waals surface area contributed by atoms with Crippen molar-refractivity contribution in [2.24, 2.45) is 0 Å². The minimum atomic E-state index is -3.81. The summed E-state index contributed by atoms with van der Waals surface area (Å²) < 4.78 is 28.0. The first kappa shape index (κ1) is 19.6. The molecule has 0 N–H and O–H groups in total. The number of hydrogen-bond acceptors (Lipinski definition) is 4. The fourth-order valence-electron chi connectivity index (χ4n) is 2.75. The predicted octanol–water partition coefficient (Wildman–Crippen LogP) is 4.61. The van der Waals surface area contributed by atoms with E-state index in [0.717, 1.165) is 11.1 Å². The van der Waals surface area contributed by atoms with Gasteiger partial charge in [-0.1, -0.05) is 47.5 Å². The Bertz CT molecular complexity index is 1070. The molecule has 3 rings (SSSR count). The maximum absolute atomic E-state index is 13.3. The summed E-state index contributed by atoms with van der Waals surface area (Å²) in [6, 6.07) is 19.8. The van der Waals surface area contributed by atoms with E-state index in [-0.39, 0.29) is 17.1 Å². The summed E-state index contributed by atoms with van der Waals surface area (Å²) in [6.07, 6.45) is 0. The summed E-state index contributed by atoms with van der Waals surface area (Å²) in [6.45, 7) is 3.89. The van der Waals surface area contributed by atoms with Crippen LogP contribution in [0.4, 0.5) is 11.4 Å². The molecule has 0 spiro atoms. The lowest BCUT2D eigenvalue weighted by molar-refractivity contribution is -0.384. The highest BCUT2D eigenvalue weighted by Gasteiger charge is 2.25. The number of nitro benzene ring substituents is 1. The second kappa shape index (κ2) is 7.82. The molecule has 7 heteroatoms. The first-order valence-electron chi connectivity index (χ1n) is 8.67. The van der Waals surface area contributed by atoms with Gasteiger partial charge in [0.05, 0.1) is 22.1 Å². The Kier molecular flexibility index (Phi) is 5.46. The van der Waals surface area contributed by atoms with Gasteiger partial charge in [-0.2, -0.15) is 0 Å². The van der Waals surface area contributed by atoms with Gasteiger partial charge in [0.1, 0.15) is 0 Å². The van der Waals surface area contributed by atoms with Crippen LogP contribution in [0.15, 0.2) is 77.7 Å². The highest BCUT2D eigenvalue weighted by molar-refractivity contribution is 7.92. The molecule has 0 bridgehead atoms. The average molecular weight is 396 g/mol. The van der Waals surface area contributed by atoms with Crippen LogP contribution in [0.5, 0.6) is 0 Å². The Balaban J connectivity index is 2.03. The maximum Gasteiger partial charge on any atom is 0.269 e. The molecule has 0 saturated carbocycles. The third-order valence-electron chi connectivity index (χ3n) is 4.40. The molecule has 0 fully saturated rings. The molecule has 28 heavy (non-hydrogen) atoms. The van der Waals surface area contributed by atoms with Gasteiger partial charge in [-0.15, -0.1) is 0 Å². The van der Waals surface area contributed by atoms with E-state index >= 15 is 0 Å². The second-order valence-corrected chi connectivity index (χ2v) is 8.45. The van der Waals surface area contributed by atoms with Crippen LogP contribution in [0, 0.1) is 24.0 Å². The molecular weight excluding hydrogens is 376 g/mol. The number of aryl methyl sites for hydroxylation is 2. The molecule has 0 amide bonds. The quantitative estimate of drug-likeness (QED) is 0.450. The van der Waals surface area contributed by atoms with E-state index in [0.29, 0.717) is 11.3 Å². The van der Waals surface area contributed by atoms with Crippen molar-refractivity contribution in [2.45, 2.75) is 25.3 Å². The van der Waals surface area contributed by atoms with Gasteiger partial charge in [-0.05, 0) is 43.7 Å². The predicted molar refractivity (Wildman–Crippen MR) is 109 cm³/mol. The van der Waals surface area contributed by atoms with Crippen molar-refractivity contribution >= 4 is 21.4 Å². The molecule has 0 aliphatic carbocycles. The first-order chi connectivity index (χ1) is 13.3. The summed E-state index contributed by atoms with van der Waals surface area (Å²) >= 11 is 0. The van der Waals surface area contributed by atoms with Crippen LogP contribution in [-0.4, -0.2) is 13.3 Å². The summed E-state index contributed by atoms with van der Waals surface area (Å²) in [4.78, 5) is 10.6. The zero-order valence-corrected chi connectivity index (χ0v) is 16.4. The highest BCUT2D eigenvalue weighted by atomic mass is 32.2. The molecule has 0 aliphatic rings. The van der Waals surface area contributed by atoms with Crippen molar-refractivity contribution in [3.63, 3.8) is 0 Å². The van der Waals surface area contributed by atoms with Gasteiger partial charge >= 0.3 is 0 Å². The van der Waals surface area contributed by atoms with Crippen molar-refractivity contribution in [1.82, 2.24) is 0 Å². The number of rotatable bonds is 6. The summed E-state index contributed by atoms with van der Waals surface area (Å²) in [5, 5.41) is 10.9. The van der Waals surface area contributed by atoms with E-state index in [1.165, 1.54) is 16.4 Å². The molecule has 0 aromatic heterocycles.